The predicted octanol–water partition coefficient (Wildman–Crippen LogP) is -0.708. The molecule has 6 atom stereocenters. The number of aliphatic hydroxyl groups is 1. The number of hydrogen-bond donors (Lipinski definition) is 7. The van der Waals surface area contributed by atoms with Crippen molar-refractivity contribution >= 4 is 23.7 Å². The number of aliphatic carboxylic acids is 1. The van der Waals surface area contributed by atoms with Crippen LogP contribution in [-0.2, 0) is 25.6 Å². The molecule has 0 aliphatic rings. The van der Waals surface area contributed by atoms with E-state index >= 15 is 0 Å². The van der Waals surface area contributed by atoms with Crippen molar-refractivity contribution in [2.45, 2.75) is 84.2 Å². The first kappa shape index (κ1) is 29.0. The molecular weight excluding hydrogens is 444 g/mol. The number of carbonyl (C=O) groups excluding carboxylic acids is 3. The second-order valence-corrected chi connectivity index (χ2v) is 9.02. The van der Waals surface area contributed by atoms with Gasteiger partial charge >= 0.3 is 5.97 Å². The standard InChI is InChI=1S/C22H38N6O6/c1-6-12(4)17(22(33)34)27-21(32)18(13(5)29)28-20(31)16(8-14-9-24-10-25-14)26-19(30)15(23)7-11(2)3/h9-13,15-18,29H,6-8,23H2,1-5H3,(H,24,25)(H,26,30)(H,27,32)(H,28,31)(H,33,34). The fourth-order valence-corrected chi connectivity index (χ4v) is 3.30. The number of amides is 3. The lowest BCUT2D eigenvalue weighted by Gasteiger charge is -2.27. The van der Waals surface area contributed by atoms with E-state index in [1.165, 1.54) is 19.4 Å². The van der Waals surface area contributed by atoms with Gasteiger partial charge in [-0.05, 0) is 25.2 Å². The van der Waals surface area contributed by atoms with Crippen molar-refractivity contribution in [2.75, 3.05) is 0 Å². The Kier molecular flexibility index (Phi) is 11.7. The van der Waals surface area contributed by atoms with Crippen molar-refractivity contribution in [3.8, 4) is 0 Å². The summed E-state index contributed by atoms with van der Waals surface area (Å²) < 4.78 is 0. The zero-order chi connectivity index (χ0) is 26.0. The van der Waals surface area contributed by atoms with Gasteiger partial charge in [-0.3, -0.25) is 14.4 Å². The zero-order valence-corrected chi connectivity index (χ0v) is 20.4. The SMILES string of the molecule is CCC(C)C(NC(=O)C(NC(=O)C(Cc1cnc[nH]1)NC(=O)C(N)CC(C)C)C(C)O)C(=O)O. The van der Waals surface area contributed by atoms with Gasteiger partial charge in [0.15, 0.2) is 0 Å². The topological polar surface area (TPSA) is 200 Å². The Hall–Kier alpha value is -2.99. The molecule has 0 bridgehead atoms. The van der Waals surface area contributed by atoms with Gasteiger partial charge in [0.25, 0.3) is 0 Å². The van der Waals surface area contributed by atoms with Gasteiger partial charge in [0.1, 0.15) is 18.1 Å². The lowest BCUT2D eigenvalue weighted by Crippen LogP contribution is -2.60. The molecule has 0 spiro atoms. The molecule has 3 amide bonds. The van der Waals surface area contributed by atoms with E-state index in [1.807, 2.05) is 13.8 Å². The molecule has 34 heavy (non-hydrogen) atoms. The Morgan fingerprint density at radius 3 is 2.12 bits per heavy atom. The number of carboxylic acid groups (broad SMARTS) is 1. The maximum absolute atomic E-state index is 13.1. The van der Waals surface area contributed by atoms with Gasteiger partial charge in [0.05, 0.1) is 18.5 Å². The lowest BCUT2D eigenvalue weighted by atomic mass is 9.98. The van der Waals surface area contributed by atoms with Crippen LogP contribution in [0.15, 0.2) is 12.5 Å². The summed E-state index contributed by atoms with van der Waals surface area (Å²) in [6, 6.07) is -4.58. The van der Waals surface area contributed by atoms with E-state index in [-0.39, 0.29) is 18.3 Å². The van der Waals surface area contributed by atoms with Crippen LogP contribution in [0, 0.1) is 11.8 Å². The largest absolute Gasteiger partial charge is 0.480 e. The smallest absolute Gasteiger partial charge is 0.326 e. The Morgan fingerprint density at radius 2 is 1.65 bits per heavy atom. The van der Waals surface area contributed by atoms with E-state index in [9.17, 15) is 29.4 Å². The first-order chi connectivity index (χ1) is 15.9. The Morgan fingerprint density at radius 1 is 1.03 bits per heavy atom. The van der Waals surface area contributed by atoms with Gasteiger partial charge in [0.2, 0.25) is 17.7 Å². The highest BCUT2D eigenvalue weighted by Gasteiger charge is 2.34. The van der Waals surface area contributed by atoms with Gasteiger partial charge in [-0.2, -0.15) is 0 Å². The molecule has 12 heteroatoms. The fourth-order valence-electron chi connectivity index (χ4n) is 3.30. The number of imidazole rings is 1. The minimum Gasteiger partial charge on any atom is -0.480 e. The van der Waals surface area contributed by atoms with Crippen molar-refractivity contribution in [2.24, 2.45) is 17.6 Å². The predicted molar refractivity (Wildman–Crippen MR) is 124 cm³/mol. The number of aliphatic hydroxyl groups excluding tert-OH is 1. The van der Waals surface area contributed by atoms with Gasteiger partial charge < -0.3 is 36.9 Å². The van der Waals surface area contributed by atoms with Crippen molar-refractivity contribution in [1.29, 1.82) is 0 Å². The van der Waals surface area contributed by atoms with Crippen LogP contribution >= 0.6 is 0 Å². The molecule has 0 saturated heterocycles. The highest BCUT2D eigenvalue weighted by atomic mass is 16.4. The summed E-state index contributed by atoms with van der Waals surface area (Å²) in [4.78, 5) is 56.7. The number of nitrogens with zero attached hydrogens (tertiary/aromatic N) is 1. The van der Waals surface area contributed by atoms with E-state index < -0.39 is 54.0 Å². The molecular formula is C22H38N6O6. The molecule has 1 aromatic heterocycles. The summed E-state index contributed by atoms with van der Waals surface area (Å²) >= 11 is 0. The Bertz CT molecular complexity index is 813. The fraction of sp³-hybridized carbons (Fsp3) is 0.682. The molecule has 0 fully saturated rings. The van der Waals surface area contributed by atoms with Crippen LogP contribution in [0.5, 0.6) is 0 Å². The van der Waals surface area contributed by atoms with Crippen molar-refractivity contribution in [3.05, 3.63) is 18.2 Å². The summed E-state index contributed by atoms with van der Waals surface area (Å²) in [6.45, 7) is 8.58. The molecule has 0 aliphatic heterocycles. The monoisotopic (exact) mass is 482 g/mol. The molecule has 0 aromatic carbocycles. The Balaban J connectivity index is 3.03. The average Bonchev–Trinajstić information content (AvgIpc) is 3.26. The van der Waals surface area contributed by atoms with Gasteiger partial charge in [0, 0.05) is 18.3 Å². The lowest BCUT2D eigenvalue weighted by molar-refractivity contribution is -0.144. The summed E-state index contributed by atoms with van der Waals surface area (Å²) in [7, 11) is 0. The van der Waals surface area contributed by atoms with Crippen molar-refractivity contribution in [3.63, 3.8) is 0 Å². The van der Waals surface area contributed by atoms with E-state index in [4.69, 9.17) is 5.73 Å². The highest BCUT2D eigenvalue weighted by Crippen LogP contribution is 2.10. The number of aromatic nitrogens is 2. The normalized spacial score (nSPS) is 16.6. The number of hydrogen-bond acceptors (Lipinski definition) is 7. The first-order valence-electron chi connectivity index (χ1n) is 11.4. The van der Waals surface area contributed by atoms with Crippen LogP contribution in [-0.4, -0.2) is 74.1 Å². The quantitative estimate of drug-likeness (QED) is 0.180. The van der Waals surface area contributed by atoms with E-state index in [2.05, 4.69) is 25.9 Å². The number of H-pyrrole nitrogens is 1. The van der Waals surface area contributed by atoms with Crippen LogP contribution in [0.25, 0.3) is 0 Å². The minimum absolute atomic E-state index is 0.0325. The third-order valence-corrected chi connectivity index (χ3v) is 5.51. The molecule has 6 unspecified atom stereocenters. The van der Waals surface area contributed by atoms with Gasteiger partial charge in [-0.25, -0.2) is 9.78 Å². The zero-order valence-electron chi connectivity index (χ0n) is 20.4. The number of carbonyl (C=O) groups is 4. The third kappa shape index (κ3) is 9.10. The Labute approximate surface area is 199 Å². The molecule has 1 rings (SSSR count). The van der Waals surface area contributed by atoms with Crippen LogP contribution < -0.4 is 21.7 Å². The molecule has 1 heterocycles. The number of aromatic amines is 1. The summed E-state index contributed by atoms with van der Waals surface area (Å²) in [6.07, 6.45) is 2.52. The molecule has 192 valence electrons. The number of rotatable bonds is 14. The number of nitrogens with two attached hydrogens (primary N) is 1. The second kappa shape index (κ2) is 13.7. The number of carboxylic acids is 1. The van der Waals surface area contributed by atoms with Gasteiger partial charge in [-0.15, -0.1) is 0 Å². The first-order valence-corrected chi connectivity index (χ1v) is 11.4. The van der Waals surface area contributed by atoms with Crippen LogP contribution in [0.4, 0.5) is 0 Å². The highest BCUT2D eigenvalue weighted by molar-refractivity contribution is 5.94. The van der Waals surface area contributed by atoms with Gasteiger partial charge in [-0.1, -0.05) is 34.1 Å². The molecule has 0 aliphatic carbocycles. The number of nitrogens with one attached hydrogen (secondary N) is 4. The molecule has 12 nitrogen and oxygen atoms in total. The van der Waals surface area contributed by atoms with Crippen LogP contribution in [0.2, 0.25) is 0 Å². The summed E-state index contributed by atoms with van der Waals surface area (Å²) in [5.41, 5.74) is 6.49. The van der Waals surface area contributed by atoms with E-state index in [0.29, 0.717) is 18.5 Å². The maximum Gasteiger partial charge on any atom is 0.326 e. The third-order valence-electron chi connectivity index (χ3n) is 5.51. The minimum atomic E-state index is -1.44. The second-order valence-electron chi connectivity index (χ2n) is 9.02. The summed E-state index contributed by atoms with van der Waals surface area (Å²) in [5.74, 6) is -3.55. The summed E-state index contributed by atoms with van der Waals surface area (Å²) in [5, 5.41) is 27.0. The molecule has 1 aromatic rings. The van der Waals surface area contributed by atoms with Crippen molar-refractivity contribution in [1.82, 2.24) is 25.9 Å². The van der Waals surface area contributed by atoms with E-state index in [1.54, 1.807) is 13.8 Å². The maximum atomic E-state index is 13.1. The average molecular weight is 483 g/mol. The molecule has 0 radical (unpaired) electrons. The van der Waals surface area contributed by atoms with Crippen molar-refractivity contribution < 1.29 is 29.4 Å². The van der Waals surface area contributed by atoms with Crippen LogP contribution in [0.3, 0.4) is 0 Å². The van der Waals surface area contributed by atoms with Crippen LogP contribution in [0.1, 0.15) is 53.2 Å². The van der Waals surface area contributed by atoms with E-state index in [0.717, 1.165) is 0 Å². The molecule has 0 saturated carbocycles. The molecule has 8 N–H and O–H groups in total.